The normalized spacial score (nSPS) is 32.2. The quantitative estimate of drug-likeness (QED) is 0.741. The first-order valence-electron chi connectivity index (χ1n) is 4.91. The largest absolute Gasteiger partial charge is 0.522 e. The fraction of sp³-hybridized carbons (Fsp3) is 1.00. The lowest BCUT2D eigenvalue weighted by Crippen LogP contribution is -2.49. The van der Waals surface area contributed by atoms with E-state index in [0.717, 1.165) is 6.42 Å². The highest BCUT2D eigenvalue weighted by Gasteiger charge is 2.36. The maximum absolute atomic E-state index is 11.7. The van der Waals surface area contributed by atoms with Crippen molar-refractivity contribution in [3.8, 4) is 0 Å². The predicted octanol–water partition coefficient (Wildman–Crippen LogP) is 1.68. The minimum Gasteiger partial charge on any atom is -0.377 e. The van der Waals surface area contributed by atoms with E-state index in [1.54, 1.807) is 0 Å². The van der Waals surface area contributed by atoms with Crippen molar-refractivity contribution in [2.24, 2.45) is 0 Å². The Morgan fingerprint density at radius 3 is 2.67 bits per heavy atom. The van der Waals surface area contributed by atoms with Gasteiger partial charge in [-0.25, -0.2) is 0 Å². The Morgan fingerprint density at radius 2 is 2.20 bits per heavy atom. The van der Waals surface area contributed by atoms with Crippen LogP contribution in [0.1, 0.15) is 20.3 Å². The third kappa shape index (κ3) is 3.96. The zero-order valence-electron chi connectivity index (χ0n) is 8.86. The van der Waals surface area contributed by atoms with E-state index in [9.17, 15) is 13.2 Å². The lowest BCUT2D eigenvalue weighted by Gasteiger charge is -2.29. The molecule has 1 N–H and O–H groups in total. The molecule has 1 rings (SSSR count). The Morgan fingerprint density at radius 1 is 1.53 bits per heavy atom. The second kappa shape index (κ2) is 4.67. The van der Waals surface area contributed by atoms with Crippen molar-refractivity contribution in [2.45, 2.75) is 38.3 Å². The minimum atomic E-state index is -4.54. The molecule has 0 bridgehead atoms. The molecule has 0 saturated carbocycles. The molecule has 0 aromatic rings. The van der Waals surface area contributed by atoms with E-state index in [4.69, 9.17) is 4.74 Å². The van der Waals surface area contributed by atoms with E-state index >= 15 is 0 Å². The molecule has 1 heterocycles. The van der Waals surface area contributed by atoms with Crippen LogP contribution >= 0.6 is 0 Å². The summed E-state index contributed by atoms with van der Waals surface area (Å²) in [7, 11) is 0. The first kappa shape index (κ1) is 12.7. The summed E-state index contributed by atoms with van der Waals surface area (Å²) in [4.78, 5) is 0. The first-order valence-corrected chi connectivity index (χ1v) is 4.91. The van der Waals surface area contributed by atoms with Crippen molar-refractivity contribution < 1.29 is 22.6 Å². The van der Waals surface area contributed by atoms with Gasteiger partial charge in [0.05, 0.1) is 12.7 Å². The number of hydrogen-bond donors (Lipinski definition) is 1. The van der Waals surface area contributed by atoms with Crippen LogP contribution in [-0.2, 0) is 9.47 Å². The van der Waals surface area contributed by atoms with Gasteiger partial charge < -0.3 is 10.1 Å². The summed E-state index contributed by atoms with van der Waals surface area (Å²) in [6, 6.07) is 0. The SMILES string of the molecule is CC1OCCC1(C)NCCOC(F)(F)F. The summed E-state index contributed by atoms with van der Waals surface area (Å²) in [5.41, 5.74) is -0.241. The van der Waals surface area contributed by atoms with Crippen LogP contribution in [0.3, 0.4) is 0 Å². The Balaban J connectivity index is 2.20. The molecule has 15 heavy (non-hydrogen) atoms. The van der Waals surface area contributed by atoms with Gasteiger partial charge in [0.2, 0.25) is 0 Å². The molecule has 0 radical (unpaired) electrons. The van der Waals surface area contributed by atoms with E-state index in [1.807, 2.05) is 13.8 Å². The maximum atomic E-state index is 11.7. The fourth-order valence-electron chi connectivity index (χ4n) is 1.57. The number of alkyl halides is 3. The van der Waals surface area contributed by atoms with Gasteiger partial charge in [0.1, 0.15) is 0 Å². The van der Waals surface area contributed by atoms with Gasteiger partial charge >= 0.3 is 6.36 Å². The number of ether oxygens (including phenoxy) is 2. The second-order valence-electron chi connectivity index (χ2n) is 3.90. The van der Waals surface area contributed by atoms with Gasteiger partial charge in [0.15, 0.2) is 0 Å². The molecule has 2 atom stereocenters. The van der Waals surface area contributed by atoms with Crippen molar-refractivity contribution in [1.29, 1.82) is 0 Å². The van der Waals surface area contributed by atoms with Crippen LogP contribution in [0, 0.1) is 0 Å². The van der Waals surface area contributed by atoms with Gasteiger partial charge in [0, 0.05) is 18.7 Å². The van der Waals surface area contributed by atoms with Gasteiger partial charge in [-0.3, -0.25) is 4.74 Å². The average molecular weight is 227 g/mol. The summed E-state index contributed by atoms with van der Waals surface area (Å²) in [6.07, 6.45) is -3.72. The van der Waals surface area contributed by atoms with E-state index in [0.29, 0.717) is 6.61 Å². The molecule has 2 unspecified atom stereocenters. The highest BCUT2D eigenvalue weighted by Crippen LogP contribution is 2.24. The molecular formula is C9H16F3NO2. The molecule has 1 saturated heterocycles. The summed E-state index contributed by atoms with van der Waals surface area (Å²) in [5, 5.41) is 3.03. The van der Waals surface area contributed by atoms with E-state index in [2.05, 4.69) is 10.1 Å². The lowest BCUT2D eigenvalue weighted by molar-refractivity contribution is -0.323. The van der Waals surface area contributed by atoms with Crippen molar-refractivity contribution in [1.82, 2.24) is 5.32 Å². The van der Waals surface area contributed by atoms with E-state index < -0.39 is 6.36 Å². The van der Waals surface area contributed by atoms with Crippen LogP contribution in [0.15, 0.2) is 0 Å². The average Bonchev–Trinajstić information content (AvgIpc) is 2.41. The highest BCUT2D eigenvalue weighted by atomic mass is 19.4. The van der Waals surface area contributed by atoms with E-state index in [-0.39, 0.29) is 24.8 Å². The summed E-state index contributed by atoms with van der Waals surface area (Å²) in [6.45, 7) is 4.29. The lowest BCUT2D eigenvalue weighted by atomic mass is 9.95. The van der Waals surface area contributed by atoms with Crippen molar-refractivity contribution in [3.63, 3.8) is 0 Å². The number of nitrogens with one attached hydrogen (secondary N) is 1. The summed E-state index contributed by atoms with van der Waals surface area (Å²) < 4.78 is 44.0. The first-order chi connectivity index (χ1) is 6.83. The third-order valence-corrected chi connectivity index (χ3v) is 2.78. The monoisotopic (exact) mass is 227 g/mol. The molecule has 1 aliphatic rings. The molecule has 3 nitrogen and oxygen atoms in total. The molecule has 0 aliphatic carbocycles. The molecule has 1 fully saturated rings. The molecule has 0 aromatic heterocycles. The van der Waals surface area contributed by atoms with Gasteiger partial charge in [0.25, 0.3) is 0 Å². The minimum absolute atomic E-state index is 0.0170. The van der Waals surface area contributed by atoms with Crippen LogP contribution in [-0.4, -0.2) is 37.8 Å². The number of hydrogen-bond acceptors (Lipinski definition) is 3. The van der Waals surface area contributed by atoms with Crippen LogP contribution in [0.25, 0.3) is 0 Å². The summed E-state index contributed by atoms with van der Waals surface area (Å²) >= 11 is 0. The fourth-order valence-corrected chi connectivity index (χ4v) is 1.57. The zero-order valence-corrected chi connectivity index (χ0v) is 8.86. The van der Waals surface area contributed by atoms with Gasteiger partial charge in [-0.1, -0.05) is 0 Å². The topological polar surface area (TPSA) is 30.5 Å². The molecule has 0 amide bonds. The van der Waals surface area contributed by atoms with Crippen molar-refractivity contribution in [2.75, 3.05) is 19.8 Å². The molecule has 90 valence electrons. The van der Waals surface area contributed by atoms with Gasteiger partial charge in [-0.05, 0) is 20.3 Å². The standard InChI is InChI=1S/C9H16F3NO2/c1-7-8(2,3-5-14-7)13-4-6-15-9(10,11)12/h7,13H,3-6H2,1-2H3. The van der Waals surface area contributed by atoms with Crippen LogP contribution in [0.5, 0.6) is 0 Å². The Hall–Kier alpha value is -0.330. The second-order valence-corrected chi connectivity index (χ2v) is 3.90. The number of halogens is 3. The maximum Gasteiger partial charge on any atom is 0.522 e. The van der Waals surface area contributed by atoms with Crippen molar-refractivity contribution >= 4 is 0 Å². The Bertz CT molecular complexity index is 210. The zero-order chi connectivity index (χ0) is 11.5. The third-order valence-electron chi connectivity index (χ3n) is 2.78. The van der Waals surface area contributed by atoms with Gasteiger partial charge in [-0.2, -0.15) is 0 Å². The van der Waals surface area contributed by atoms with Crippen LogP contribution in [0.2, 0.25) is 0 Å². The van der Waals surface area contributed by atoms with E-state index in [1.165, 1.54) is 0 Å². The Kier molecular flexibility index (Phi) is 3.97. The predicted molar refractivity (Wildman–Crippen MR) is 48.4 cm³/mol. The molecule has 0 aromatic carbocycles. The number of rotatable bonds is 4. The summed E-state index contributed by atoms with van der Waals surface area (Å²) in [5.74, 6) is 0. The Labute approximate surface area is 86.9 Å². The van der Waals surface area contributed by atoms with Crippen molar-refractivity contribution in [3.05, 3.63) is 0 Å². The highest BCUT2D eigenvalue weighted by molar-refractivity contribution is 4.93. The molecule has 0 spiro atoms. The van der Waals surface area contributed by atoms with Crippen LogP contribution in [0.4, 0.5) is 13.2 Å². The molecule has 1 aliphatic heterocycles. The molecular weight excluding hydrogens is 211 g/mol. The molecule has 6 heteroatoms. The smallest absolute Gasteiger partial charge is 0.377 e. The van der Waals surface area contributed by atoms with Crippen LogP contribution < -0.4 is 5.32 Å². The van der Waals surface area contributed by atoms with Gasteiger partial charge in [-0.15, -0.1) is 13.2 Å².